The monoisotopic (exact) mass is 194 g/mol. The first-order chi connectivity index (χ1) is 5.85. The summed E-state index contributed by atoms with van der Waals surface area (Å²) in [6.07, 6.45) is 5.76. The fourth-order valence-electron chi connectivity index (χ4n) is 1.07. The smallest absolute Gasteiger partial charge is 0.0380 e. The van der Waals surface area contributed by atoms with Crippen molar-refractivity contribution in [3.05, 3.63) is 0 Å². The summed E-state index contributed by atoms with van der Waals surface area (Å²) in [4.78, 5) is 0. The molecule has 0 aromatic carbocycles. The van der Waals surface area contributed by atoms with E-state index in [1.165, 1.54) is 24.9 Å². The van der Waals surface area contributed by atoms with Gasteiger partial charge < -0.3 is 0 Å². The normalized spacial score (nSPS) is 13.2. The van der Waals surface area contributed by atoms with Crippen LogP contribution in [0.2, 0.25) is 0 Å². The quantitative estimate of drug-likeness (QED) is 0.365. The van der Waals surface area contributed by atoms with Crippen LogP contribution < -0.4 is 0 Å². The van der Waals surface area contributed by atoms with Gasteiger partial charge in [0.15, 0.2) is 0 Å². The molecule has 0 aromatic rings. The molecule has 1 N–H and O–H groups in total. The number of hydrogen-bond donors (Lipinski definition) is 1. The maximum atomic E-state index is 7.97. The molecule has 3 nitrogen and oxygen atoms in total. The Balaban J connectivity index is 3.40. The van der Waals surface area contributed by atoms with Gasteiger partial charge in [-0.05, 0) is 12.8 Å². The van der Waals surface area contributed by atoms with Gasteiger partial charge in [0.25, 0.3) is 0 Å². The predicted octanol–water partition coefficient (Wildman–Crippen LogP) is 3.41. The first-order valence-corrected chi connectivity index (χ1v) is 5.29. The third-order valence-electron chi connectivity index (χ3n) is 1.70. The number of hydrogen-bond acceptors (Lipinski definition) is 4. The lowest BCUT2D eigenvalue weighted by Crippen LogP contribution is -2.02. The van der Waals surface area contributed by atoms with E-state index < -0.39 is 0 Å². The van der Waals surface area contributed by atoms with E-state index in [1.807, 2.05) is 0 Å². The summed E-state index contributed by atoms with van der Waals surface area (Å²) in [5.74, 6) is 0. The van der Waals surface area contributed by atoms with Gasteiger partial charge >= 0.3 is 0 Å². The molecule has 0 aliphatic rings. The van der Waals surface area contributed by atoms with Gasteiger partial charge in [-0.1, -0.05) is 38.1 Å². The zero-order valence-corrected chi connectivity index (χ0v) is 8.60. The highest BCUT2D eigenvalue weighted by Crippen LogP contribution is 2.22. The van der Waals surface area contributed by atoms with Crippen molar-refractivity contribution in [2.24, 2.45) is 0 Å². The minimum Gasteiger partial charge on any atom is -0.220 e. The Hall–Kier alpha value is 0.230. The van der Waals surface area contributed by atoms with Crippen LogP contribution in [0.3, 0.4) is 0 Å². The predicted molar refractivity (Wildman–Crippen MR) is 50.6 cm³/mol. The Bertz CT molecular complexity index is 82.4. The number of unbranched alkanes of at least 4 members (excludes halogenated alkanes) is 1. The lowest BCUT2D eigenvalue weighted by molar-refractivity contribution is -0.432. The summed E-state index contributed by atoms with van der Waals surface area (Å²) in [5, 5.41) is 12.0. The fourth-order valence-corrected chi connectivity index (χ4v) is 1.81. The van der Waals surface area contributed by atoms with E-state index in [0.717, 1.165) is 19.3 Å². The van der Waals surface area contributed by atoms with Gasteiger partial charge in [0.1, 0.15) is 0 Å². The lowest BCUT2D eigenvalue weighted by atomic mass is 10.1. The molecule has 0 aliphatic heterocycles. The Morgan fingerprint density at radius 3 is 2.50 bits per heavy atom. The molecular weight excluding hydrogens is 176 g/mol. The Morgan fingerprint density at radius 2 is 2.00 bits per heavy atom. The average Bonchev–Trinajstić information content (AvgIpc) is 2.10. The molecule has 0 heterocycles. The van der Waals surface area contributed by atoms with Crippen molar-refractivity contribution in [1.82, 2.24) is 0 Å². The van der Waals surface area contributed by atoms with Crippen molar-refractivity contribution >= 4 is 12.0 Å². The molecule has 0 spiro atoms. The second kappa shape index (κ2) is 9.32. The van der Waals surface area contributed by atoms with Crippen LogP contribution in [0.25, 0.3) is 0 Å². The summed E-state index contributed by atoms with van der Waals surface area (Å²) in [7, 11) is 0. The van der Waals surface area contributed by atoms with Gasteiger partial charge in [0.05, 0.1) is 0 Å². The summed E-state index contributed by atoms with van der Waals surface area (Å²) in [6, 6.07) is 0. The third-order valence-corrected chi connectivity index (χ3v) is 2.58. The molecule has 1 unspecified atom stereocenters. The van der Waals surface area contributed by atoms with Gasteiger partial charge in [-0.3, -0.25) is 0 Å². The third kappa shape index (κ3) is 6.91. The van der Waals surface area contributed by atoms with E-state index in [-0.39, 0.29) is 0 Å². The molecule has 0 fully saturated rings. The second-order valence-corrected chi connectivity index (χ2v) is 3.79. The zero-order chi connectivity index (χ0) is 9.23. The second-order valence-electron chi connectivity index (χ2n) is 2.79. The molecular formula is C8H18O3S. The molecule has 0 aromatic heterocycles. The maximum absolute atomic E-state index is 7.97. The van der Waals surface area contributed by atoms with Crippen LogP contribution in [0.4, 0.5) is 0 Å². The van der Waals surface area contributed by atoms with Crippen LogP contribution in [-0.4, -0.2) is 10.5 Å². The Kier molecular flexibility index (Phi) is 9.50. The van der Waals surface area contributed by atoms with Crippen LogP contribution in [-0.2, 0) is 9.37 Å². The highest BCUT2D eigenvalue weighted by Gasteiger charge is 2.08. The van der Waals surface area contributed by atoms with Gasteiger partial charge in [0, 0.05) is 17.3 Å². The zero-order valence-electron chi connectivity index (χ0n) is 7.78. The molecule has 74 valence electrons. The van der Waals surface area contributed by atoms with E-state index in [4.69, 9.17) is 5.26 Å². The van der Waals surface area contributed by atoms with E-state index >= 15 is 0 Å². The average molecular weight is 194 g/mol. The molecule has 0 aliphatic carbocycles. The van der Waals surface area contributed by atoms with Gasteiger partial charge in [-0.25, -0.2) is 5.26 Å². The molecule has 0 radical (unpaired) electrons. The van der Waals surface area contributed by atoms with Crippen LogP contribution in [0.15, 0.2) is 0 Å². The standard InChI is InChI=1S/C8H18O3S/c1-3-5-7-8(6-4-2)12-11-10-9/h8-9H,3-7H2,1-2H3. The maximum Gasteiger partial charge on any atom is 0.0380 e. The van der Waals surface area contributed by atoms with Gasteiger partial charge in [-0.2, -0.15) is 0 Å². The summed E-state index contributed by atoms with van der Waals surface area (Å²) < 4.78 is 4.42. The first-order valence-electron chi connectivity index (χ1n) is 4.48. The summed E-state index contributed by atoms with van der Waals surface area (Å²) in [6.45, 7) is 4.30. The SMILES string of the molecule is CCCCC(CCC)SOOO. The van der Waals surface area contributed by atoms with Crippen molar-refractivity contribution in [2.45, 2.75) is 51.2 Å². The molecule has 4 heteroatoms. The van der Waals surface area contributed by atoms with Crippen LogP contribution in [0.1, 0.15) is 46.0 Å². The van der Waals surface area contributed by atoms with E-state index in [2.05, 4.69) is 23.2 Å². The Morgan fingerprint density at radius 1 is 1.25 bits per heavy atom. The van der Waals surface area contributed by atoms with Gasteiger partial charge in [0.2, 0.25) is 0 Å². The van der Waals surface area contributed by atoms with Crippen molar-refractivity contribution < 1.29 is 14.6 Å². The summed E-state index contributed by atoms with van der Waals surface area (Å²) in [5.41, 5.74) is 0. The number of rotatable bonds is 8. The fraction of sp³-hybridized carbons (Fsp3) is 1.00. The molecule has 0 amide bonds. The minimum atomic E-state index is 0.446. The molecule has 0 saturated heterocycles. The van der Waals surface area contributed by atoms with Crippen molar-refractivity contribution in [3.63, 3.8) is 0 Å². The highest BCUT2D eigenvalue weighted by molar-refractivity contribution is 7.95. The molecule has 0 bridgehead atoms. The highest BCUT2D eigenvalue weighted by atomic mass is 32.2. The Labute approximate surface area is 78.5 Å². The first kappa shape index (κ1) is 12.2. The van der Waals surface area contributed by atoms with Crippen LogP contribution >= 0.6 is 12.0 Å². The van der Waals surface area contributed by atoms with E-state index in [1.54, 1.807) is 0 Å². The van der Waals surface area contributed by atoms with E-state index in [9.17, 15) is 0 Å². The topological polar surface area (TPSA) is 38.7 Å². The van der Waals surface area contributed by atoms with Crippen LogP contribution in [0, 0.1) is 0 Å². The largest absolute Gasteiger partial charge is 0.220 e. The van der Waals surface area contributed by atoms with Crippen LogP contribution in [0.5, 0.6) is 0 Å². The molecule has 0 rings (SSSR count). The molecule has 0 saturated carbocycles. The molecule has 1 atom stereocenters. The minimum absolute atomic E-state index is 0.446. The lowest BCUT2D eigenvalue weighted by Gasteiger charge is -2.11. The van der Waals surface area contributed by atoms with Gasteiger partial charge in [-0.15, -0.1) is 4.33 Å². The van der Waals surface area contributed by atoms with Crippen molar-refractivity contribution in [3.8, 4) is 0 Å². The van der Waals surface area contributed by atoms with Crippen molar-refractivity contribution in [1.29, 1.82) is 0 Å². The van der Waals surface area contributed by atoms with Crippen molar-refractivity contribution in [2.75, 3.05) is 0 Å². The molecule has 12 heavy (non-hydrogen) atoms. The summed E-state index contributed by atoms with van der Waals surface area (Å²) >= 11 is 1.21. The van der Waals surface area contributed by atoms with E-state index in [0.29, 0.717) is 5.25 Å².